The monoisotopic (exact) mass is 331 g/mol. The lowest BCUT2D eigenvalue weighted by Gasteiger charge is -2.29. The highest BCUT2D eigenvalue weighted by molar-refractivity contribution is 9.10. The van der Waals surface area contributed by atoms with Crippen molar-refractivity contribution in [1.82, 2.24) is 5.32 Å². The van der Waals surface area contributed by atoms with Gasteiger partial charge in [0.1, 0.15) is 5.82 Å². The Morgan fingerprint density at radius 2 is 2.21 bits per heavy atom. The molecule has 0 aromatic heterocycles. The van der Waals surface area contributed by atoms with E-state index in [1.54, 1.807) is 6.92 Å². The minimum atomic E-state index is -0.982. The SMILES string of the molecule is CC[C@H](C)[C@](C)(O)CNC(=O)c1cc(F)ccc1Br. The molecule has 2 N–H and O–H groups in total. The molecule has 19 heavy (non-hydrogen) atoms. The Bertz CT molecular complexity index is 463. The van der Waals surface area contributed by atoms with Crippen molar-refractivity contribution < 1.29 is 14.3 Å². The summed E-state index contributed by atoms with van der Waals surface area (Å²) >= 11 is 3.20. The van der Waals surface area contributed by atoms with Gasteiger partial charge in [0, 0.05) is 11.0 Å². The molecule has 0 saturated heterocycles. The first-order valence-corrected chi connectivity index (χ1v) is 7.03. The van der Waals surface area contributed by atoms with Gasteiger partial charge in [-0.1, -0.05) is 20.3 Å². The van der Waals surface area contributed by atoms with Crippen LogP contribution in [0, 0.1) is 11.7 Å². The molecular weight excluding hydrogens is 313 g/mol. The van der Waals surface area contributed by atoms with Gasteiger partial charge in [-0.05, 0) is 47.0 Å². The summed E-state index contributed by atoms with van der Waals surface area (Å²) in [7, 11) is 0. The molecule has 0 spiro atoms. The summed E-state index contributed by atoms with van der Waals surface area (Å²) in [6.07, 6.45) is 0.812. The van der Waals surface area contributed by atoms with E-state index in [1.807, 2.05) is 13.8 Å². The number of nitrogens with one attached hydrogen (secondary N) is 1. The molecule has 0 aliphatic heterocycles. The Hall–Kier alpha value is -0.940. The number of benzene rings is 1. The van der Waals surface area contributed by atoms with E-state index in [0.717, 1.165) is 12.5 Å². The topological polar surface area (TPSA) is 49.3 Å². The lowest BCUT2D eigenvalue weighted by Crippen LogP contribution is -2.45. The number of halogens is 2. The van der Waals surface area contributed by atoms with Crippen molar-refractivity contribution in [3.8, 4) is 0 Å². The molecule has 0 unspecified atom stereocenters. The summed E-state index contributed by atoms with van der Waals surface area (Å²) in [4.78, 5) is 12.0. The second-order valence-electron chi connectivity index (χ2n) is 4.97. The van der Waals surface area contributed by atoms with Gasteiger partial charge >= 0.3 is 0 Å². The molecule has 0 aliphatic rings. The van der Waals surface area contributed by atoms with Crippen LogP contribution in [0.3, 0.4) is 0 Å². The maximum Gasteiger partial charge on any atom is 0.252 e. The highest BCUT2D eigenvalue weighted by atomic mass is 79.9. The fourth-order valence-electron chi connectivity index (χ4n) is 1.64. The normalized spacial score (nSPS) is 15.7. The quantitative estimate of drug-likeness (QED) is 0.870. The predicted molar refractivity (Wildman–Crippen MR) is 76.5 cm³/mol. The van der Waals surface area contributed by atoms with Crippen molar-refractivity contribution in [2.75, 3.05) is 6.54 Å². The number of amides is 1. The molecule has 1 rings (SSSR count). The number of hydrogen-bond donors (Lipinski definition) is 2. The number of hydrogen-bond acceptors (Lipinski definition) is 2. The minimum absolute atomic E-state index is 0.0590. The van der Waals surface area contributed by atoms with Crippen LogP contribution in [0.25, 0.3) is 0 Å². The van der Waals surface area contributed by atoms with Crippen LogP contribution in [0.1, 0.15) is 37.6 Å². The fourth-order valence-corrected chi connectivity index (χ4v) is 2.07. The zero-order chi connectivity index (χ0) is 14.6. The third-order valence-electron chi connectivity index (χ3n) is 3.45. The number of carbonyl (C=O) groups excluding carboxylic acids is 1. The van der Waals surface area contributed by atoms with E-state index in [0.29, 0.717) is 4.47 Å². The number of rotatable bonds is 5. The van der Waals surface area contributed by atoms with Crippen LogP contribution in [-0.4, -0.2) is 23.2 Å². The Morgan fingerprint density at radius 1 is 1.58 bits per heavy atom. The molecule has 1 aromatic rings. The smallest absolute Gasteiger partial charge is 0.252 e. The van der Waals surface area contributed by atoms with Gasteiger partial charge in [0.2, 0.25) is 0 Å². The summed E-state index contributed by atoms with van der Waals surface area (Å²) in [6, 6.07) is 3.92. The maximum atomic E-state index is 13.1. The van der Waals surface area contributed by atoms with E-state index in [2.05, 4.69) is 21.2 Å². The van der Waals surface area contributed by atoms with Gasteiger partial charge in [-0.2, -0.15) is 0 Å². The first-order valence-electron chi connectivity index (χ1n) is 6.23. The van der Waals surface area contributed by atoms with E-state index < -0.39 is 17.3 Å². The zero-order valence-electron chi connectivity index (χ0n) is 11.3. The average molecular weight is 332 g/mol. The van der Waals surface area contributed by atoms with Gasteiger partial charge in [-0.15, -0.1) is 0 Å². The van der Waals surface area contributed by atoms with Gasteiger partial charge in [0.15, 0.2) is 0 Å². The van der Waals surface area contributed by atoms with Gasteiger partial charge in [-0.25, -0.2) is 4.39 Å². The fraction of sp³-hybridized carbons (Fsp3) is 0.500. The highest BCUT2D eigenvalue weighted by Crippen LogP contribution is 2.20. The van der Waals surface area contributed by atoms with Crippen molar-refractivity contribution in [2.24, 2.45) is 5.92 Å². The summed E-state index contributed by atoms with van der Waals surface area (Å²) < 4.78 is 13.6. The molecule has 5 heteroatoms. The standard InChI is InChI=1S/C14H19BrFNO2/c1-4-9(2)14(3,19)8-17-13(18)11-7-10(16)5-6-12(11)15/h5-7,9,19H,4,8H2,1-3H3,(H,17,18)/t9-,14+/m0/s1. The molecule has 0 saturated carbocycles. The van der Waals surface area contributed by atoms with Crippen LogP contribution < -0.4 is 5.32 Å². The highest BCUT2D eigenvalue weighted by Gasteiger charge is 2.27. The summed E-state index contributed by atoms with van der Waals surface area (Å²) in [5.41, 5.74) is -0.760. The molecule has 106 valence electrons. The van der Waals surface area contributed by atoms with Gasteiger partial charge in [0.25, 0.3) is 5.91 Å². The maximum absolute atomic E-state index is 13.1. The predicted octanol–water partition coefficient (Wildman–Crippen LogP) is 3.12. The van der Waals surface area contributed by atoms with Crippen LogP contribution in [0.2, 0.25) is 0 Å². The molecule has 3 nitrogen and oxygen atoms in total. The van der Waals surface area contributed by atoms with E-state index in [-0.39, 0.29) is 18.0 Å². The van der Waals surface area contributed by atoms with Crippen molar-refractivity contribution in [2.45, 2.75) is 32.8 Å². The molecule has 0 fully saturated rings. The molecule has 0 bridgehead atoms. The van der Waals surface area contributed by atoms with E-state index >= 15 is 0 Å². The molecule has 2 atom stereocenters. The Kier molecular flexibility index (Phi) is 5.50. The first-order chi connectivity index (χ1) is 8.77. The lowest BCUT2D eigenvalue weighted by molar-refractivity contribution is 0.00592. The first kappa shape index (κ1) is 16.1. The third-order valence-corrected chi connectivity index (χ3v) is 4.15. The molecule has 0 heterocycles. The van der Waals surface area contributed by atoms with Crippen LogP contribution in [0.4, 0.5) is 4.39 Å². The molecule has 1 aromatic carbocycles. The van der Waals surface area contributed by atoms with Crippen molar-refractivity contribution in [3.05, 3.63) is 34.1 Å². The summed E-state index contributed by atoms with van der Waals surface area (Å²) in [6.45, 7) is 5.71. The Morgan fingerprint density at radius 3 is 2.79 bits per heavy atom. The van der Waals surface area contributed by atoms with Crippen LogP contribution >= 0.6 is 15.9 Å². The van der Waals surface area contributed by atoms with Crippen molar-refractivity contribution >= 4 is 21.8 Å². The molecule has 1 amide bonds. The second kappa shape index (κ2) is 6.48. The van der Waals surface area contributed by atoms with Crippen molar-refractivity contribution in [3.63, 3.8) is 0 Å². The third kappa shape index (κ3) is 4.28. The van der Waals surface area contributed by atoms with Crippen LogP contribution in [0.15, 0.2) is 22.7 Å². The minimum Gasteiger partial charge on any atom is -0.388 e. The average Bonchev–Trinajstić information content (AvgIpc) is 2.37. The largest absolute Gasteiger partial charge is 0.388 e. The Labute approximate surface area is 121 Å². The van der Waals surface area contributed by atoms with E-state index in [9.17, 15) is 14.3 Å². The zero-order valence-corrected chi connectivity index (χ0v) is 12.9. The second-order valence-corrected chi connectivity index (χ2v) is 5.83. The van der Waals surface area contributed by atoms with Crippen LogP contribution in [0.5, 0.6) is 0 Å². The van der Waals surface area contributed by atoms with Gasteiger partial charge < -0.3 is 10.4 Å². The lowest BCUT2D eigenvalue weighted by atomic mass is 9.88. The number of carbonyl (C=O) groups is 1. The molecule has 0 radical (unpaired) electrons. The summed E-state index contributed by atoms with van der Waals surface area (Å²) in [5, 5.41) is 12.8. The number of aliphatic hydroxyl groups is 1. The van der Waals surface area contributed by atoms with E-state index in [4.69, 9.17) is 0 Å². The molecular formula is C14H19BrFNO2. The van der Waals surface area contributed by atoms with Crippen LogP contribution in [-0.2, 0) is 0 Å². The summed E-state index contributed by atoms with van der Waals surface area (Å²) in [5.74, 6) is -0.819. The van der Waals surface area contributed by atoms with E-state index in [1.165, 1.54) is 12.1 Å². The molecule has 0 aliphatic carbocycles. The van der Waals surface area contributed by atoms with Gasteiger partial charge in [-0.3, -0.25) is 4.79 Å². The Balaban J connectivity index is 2.73. The van der Waals surface area contributed by atoms with Crippen molar-refractivity contribution in [1.29, 1.82) is 0 Å². The van der Waals surface area contributed by atoms with Gasteiger partial charge in [0.05, 0.1) is 11.2 Å².